The monoisotopic (exact) mass is 353 g/mol. The molecule has 0 saturated heterocycles. The first-order chi connectivity index (χ1) is 9.83. The molecule has 1 N–H and O–H groups in total. The van der Waals surface area contributed by atoms with Gasteiger partial charge in [0.1, 0.15) is 11.6 Å². The maximum absolute atomic E-state index is 13.1. The van der Waals surface area contributed by atoms with Crippen molar-refractivity contribution in [2.75, 3.05) is 0 Å². The molecule has 0 aliphatic rings. The smallest absolute Gasteiger partial charge is 0.238 e. The minimum absolute atomic E-state index is 0.0250. The van der Waals surface area contributed by atoms with Crippen molar-refractivity contribution >= 4 is 15.9 Å². The molecule has 2 aromatic rings. The lowest BCUT2D eigenvalue weighted by Gasteiger charge is -2.19. The van der Waals surface area contributed by atoms with Gasteiger partial charge < -0.3 is 10.1 Å². The second kappa shape index (κ2) is 6.49. The van der Waals surface area contributed by atoms with E-state index in [1.165, 1.54) is 12.1 Å². The van der Waals surface area contributed by atoms with Crippen LogP contribution < -0.4 is 10.1 Å². The molecule has 0 aliphatic carbocycles. The van der Waals surface area contributed by atoms with Gasteiger partial charge in [0.15, 0.2) is 0 Å². The Balaban J connectivity index is 2.00. The third kappa shape index (κ3) is 5.06. The Morgan fingerprint density at radius 1 is 1.19 bits per heavy atom. The molecule has 1 aromatic heterocycles. The normalized spacial score (nSPS) is 11.5. The highest BCUT2D eigenvalue weighted by molar-refractivity contribution is 9.10. The number of hydrogen-bond acceptors (Lipinski definition) is 4. The first-order valence-electron chi connectivity index (χ1n) is 6.54. The summed E-state index contributed by atoms with van der Waals surface area (Å²) >= 11 is 3.11. The van der Waals surface area contributed by atoms with E-state index in [9.17, 15) is 4.39 Å². The summed E-state index contributed by atoms with van der Waals surface area (Å²) in [5.74, 6) is 0.531. The van der Waals surface area contributed by atoms with E-state index in [1.54, 1.807) is 12.1 Å². The number of benzene rings is 1. The van der Waals surface area contributed by atoms with Crippen LogP contribution >= 0.6 is 15.9 Å². The van der Waals surface area contributed by atoms with E-state index in [0.717, 1.165) is 5.69 Å². The molecule has 21 heavy (non-hydrogen) atoms. The van der Waals surface area contributed by atoms with Crippen LogP contribution in [0.5, 0.6) is 11.6 Å². The molecule has 0 bridgehead atoms. The summed E-state index contributed by atoms with van der Waals surface area (Å²) in [5, 5.41) is 11.4. The summed E-state index contributed by atoms with van der Waals surface area (Å²) in [4.78, 5) is 0. The molecule has 0 saturated carbocycles. The van der Waals surface area contributed by atoms with Crippen LogP contribution in [0.3, 0.4) is 0 Å². The third-order valence-corrected chi connectivity index (χ3v) is 3.22. The lowest BCUT2D eigenvalue weighted by molar-refractivity contribution is 0.416. The standard InChI is InChI=1S/C15H17BrFN3O/c1-15(2,3)18-9-10-4-7-14(20-19-10)21-11-5-6-13(17)12(16)8-11/h4-8,18H,9H2,1-3H3. The van der Waals surface area contributed by atoms with E-state index < -0.39 is 0 Å². The highest BCUT2D eigenvalue weighted by Gasteiger charge is 2.09. The van der Waals surface area contributed by atoms with Crippen molar-refractivity contribution in [3.05, 3.63) is 46.3 Å². The minimum Gasteiger partial charge on any atom is -0.437 e. The number of hydrogen-bond donors (Lipinski definition) is 1. The quantitative estimate of drug-likeness (QED) is 0.900. The van der Waals surface area contributed by atoms with Crippen LogP contribution in [0.15, 0.2) is 34.8 Å². The summed E-state index contributed by atoms with van der Waals surface area (Å²) in [7, 11) is 0. The van der Waals surface area contributed by atoms with Gasteiger partial charge in [-0.2, -0.15) is 5.10 Å². The highest BCUT2D eigenvalue weighted by atomic mass is 79.9. The Bertz CT molecular complexity index is 611. The Hall–Kier alpha value is -1.53. The molecule has 0 atom stereocenters. The summed E-state index contributed by atoms with van der Waals surface area (Å²) in [6.45, 7) is 6.90. The number of nitrogens with zero attached hydrogens (tertiary/aromatic N) is 2. The van der Waals surface area contributed by atoms with Gasteiger partial charge in [-0.1, -0.05) is 0 Å². The maximum atomic E-state index is 13.1. The Morgan fingerprint density at radius 2 is 1.95 bits per heavy atom. The maximum Gasteiger partial charge on any atom is 0.238 e. The van der Waals surface area contributed by atoms with Crippen molar-refractivity contribution in [2.24, 2.45) is 0 Å². The summed E-state index contributed by atoms with van der Waals surface area (Å²) in [6, 6.07) is 8.00. The molecule has 0 fully saturated rings. The zero-order valence-electron chi connectivity index (χ0n) is 12.2. The van der Waals surface area contributed by atoms with Crippen molar-refractivity contribution in [3.63, 3.8) is 0 Å². The van der Waals surface area contributed by atoms with Gasteiger partial charge in [0.05, 0.1) is 10.2 Å². The highest BCUT2D eigenvalue weighted by Crippen LogP contribution is 2.25. The van der Waals surface area contributed by atoms with Crippen LogP contribution in [-0.4, -0.2) is 15.7 Å². The molecule has 0 amide bonds. The summed E-state index contributed by atoms with van der Waals surface area (Å²) < 4.78 is 19.0. The molecule has 2 rings (SSSR count). The molecule has 1 aromatic carbocycles. The second-order valence-electron chi connectivity index (χ2n) is 5.64. The average Bonchev–Trinajstić information content (AvgIpc) is 2.41. The van der Waals surface area contributed by atoms with Gasteiger partial charge in [0.2, 0.25) is 5.88 Å². The van der Waals surface area contributed by atoms with E-state index in [4.69, 9.17) is 4.74 Å². The molecule has 0 aliphatic heterocycles. The van der Waals surface area contributed by atoms with Gasteiger partial charge in [-0.15, -0.1) is 5.10 Å². The number of aromatic nitrogens is 2. The lowest BCUT2D eigenvalue weighted by atomic mass is 10.1. The van der Waals surface area contributed by atoms with Crippen LogP contribution in [0.4, 0.5) is 4.39 Å². The summed E-state index contributed by atoms with van der Waals surface area (Å²) in [5.41, 5.74) is 0.856. The van der Waals surface area contributed by atoms with Gasteiger partial charge >= 0.3 is 0 Å². The fourth-order valence-electron chi connectivity index (χ4n) is 1.51. The van der Waals surface area contributed by atoms with Crippen LogP contribution in [-0.2, 0) is 6.54 Å². The Kier molecular flexibility index (Phi) is 4.90. The van der Waals surface area contributed by atoms with Crippen LogP contribution in [0, 0.1) is 5.82 Å². The number of ether oxygens (including phenoxy) is 1. The Morgan fingerprint density at radius 3 is 2.52 bits per heavy atom. The molecule has 0 spiro atoms. The van der Waals surface area contributed by atoms with Gasteiger partial charge in [-0.25, -0.2) is 4.39 Å². The van der Waals surface area contributed by atoms with Crippen molar-refractivity contribution in [1.29, 1.82) is 0 Å². The van der Waals surface area contributed by atoms with E-state index in [-0.39, 0.29) is 11.4 Å². The number of halogens is 2. The topological polar surface area (TPSA) is 47.0 Å². The van der Waals surface area contributed by atoms with Crippen LogP contribution in [0.2, 0.25) is 0 Å². The molecule has 0 unspecified atom stereocenters. The zero-order valence-corrected chi connectivity index (χ0v) is 13.7. The first-order valence-corrected chi connectivity index (χ1v) is 7.33. The predicted octanol–water partition coefficient (Wildman–Crippen LogP) is 4.06. The van der Waals surface area contributed by atoms with Gasteiger partial charge in [-0.3, -0.25) is 0 Å². The van der Waals surface area contributed by atoms with Crippen LogP contribution in [0.1, 0.15) is 26.5 Å². The van der Waals surface area contributed by atoms with Crippen LogP contribution in [0.25, 0.3) is 0 Å². The third-order valence-electron chi connectivity index (χ3n) is 2.61. The molecule has 112 valence electrons. The zero-order chi connectivity index (χ0) is 15.5. The van der Waals surface area contributed by atoms with Crippen molar-refractivity contribution in [2.45, 2.75) is 32.9 Å². The van der Waals surface area contributed by atoms with E-state index >= 15 is 0 Å². The predicted molar refractivity (Wildman–Crippen MR) is 82.8 cm³/mol. The second-order valence-corrected chi connectivity index (χ2v) is 6.50. The fraction of sp³-hybridized carbons (Fsp3) is 0.333. The number of nitrogens with one attached hydrogen (secondary N) is 1. The average molecular weight is 354 g/mol. The van der Waals surface area contributed by atoms with Gasteiger partial charge in [0.25, 0.3) is 0 Å². The molecule has 6 heteroatoms. The SMILES string of the molecule is CC(C)(C)NCc1ccc(Oc2ccc(F)c(Br)c2)nn1. The Labute approximate surface area is 131 Å². The molecule has 0 radical (unpaired) electrons. The largest absolute Gasteiger partial charge is 0.437 e. The molecule has 4 nitrogen and oxygen atoms in total. The first kappa shape index (κ1) is 15.9. The van der Waals surface area contributed by atoms with Gasteiger partial charge in [-0.05, 0) is 61.0 Å². The fourth-order valence-corrected chi connectivity index (χ4v) is 1.87. The minimum atomic E-state index is -0.336. The number of rotatable bonds is 4. The van der Waals surface area contributed by atoms with E-state index in [1.807, 2.05) is 6.07 Å². The molecular weight excluding hydrogens is 337 g/mol. The molecule has 1 heterocycles. The summed E-state index contributed by atoms with van der Waals surface area (Å²) in [6.07, 6.45) is 0. The van der Waals surface area contributed by atoms with E-state index in [0.29, 0.717) is 22.6 Å². The van der Waals surface area contributed by atoms with E-state index in [2.05, 4.69) is 52.2 Å². The van der Waals surface area contributed by atoms with Crippen molar-refractivity contribution in [1.82, 2.24) is 15.5 Å². The van der Waals surface area contributed by atoms with Crippen molar-refractivity contribution in [3.8, 4) is 11.6 Å². The van der Waals surface area contributed by atoms with Crippen molar-refractivity contribution < 1.29 is 9.13 Å². The van der Waals surface area contributed by atoms with Gasteiger partial charge in [0, 0.05) is 18.2 Å². The lowest BCUT2D eigenvalue weighted by Crippen LogP contribution is -2.35. The molecular formula is C15H17BrFN3O.